The Morgan fingerprint density at radius 2 is 2.04 bits per heavy atom. The van der Waals surface area contributed by atoms with E-state index in [-0.39, 0.29) is 17.3 Å². The predicted octanol–water partition coefficient (Wildman–Crippen LogP) is 4.46. The number of nitrogens with one attached hydrogen (secondary N) is 1. The van der Waals surface area contributed by atoms with Gasteiger partial charge in [-0.2, -0.15) is 0 Å². The number of halogens is 2. The number of benzene rings is 2. The molecule has 4 nitrogen and oxygen atoms in total. The number of thioether (sulfide) groups is 1. The number of rotatable bonds is 4. The molecule has 1 aromatic heterocycles. The van der Waals surface area contributed by atoms with Crippen LogP contribution in [0.3, 0.4) is 0 Å². The van der Waals surface area contributed by atoms with Gasteiger partial charge in [-0.05, 0) is 31.2 Å². The maximum Gasteiger partial charge on any atom is 0.234 e. The van der Waals surface area contributed by atoms with Crippen molar-refractivity contribution in [2.45, 2.75) is 11.9 Å². The molecule has 0 bridgehead atoms. The molecule has 0 atom stereocenters. The van der Waals surface area contributed by atoms with Gasteiger partial charge in [0.2, 0.25) is 5.91 Å². The van der Waals surface area contributed by atoms with Crippen molar-refractivity contribution < 1.29 is 9.18 Å². The third-order valence-corrected chi connectivity index (χ3v) is 4.45. The Morgan fingerprint density at radius 1 is 1.25 bits per heavy atom. The van der Waals surface area contributed by atoms with Crippen LogP contribution in [0.15, 0.2) is 47.5 Å². The van der Waals surface area contributed by atoms with Crippen molar-refractivity contribution in [1.29, 1.82) is 0 Å². The lowest BCUT2D eigenvalue weighted by atomic mass is 10.2. The first-order valence-corrected chi connectivity index (χ1v) is 8.50. The van der Waals surface area contributed by atoms with Gasteiger partial charge in [0.15, 0.2) is 0 Å². The van der Waals surface area contributed by atoms with Crippen molar-refractivity contribution in [3.63, 3.8) is 0 Å². The summed E-state index contributed by atoms with van der Waals surface area (Å²) in [6, 6.07) is 11.6. The first-order valence-electron chi connectivity index (χ1n) is 7.14. The second-order valence-electron chi connectivity index (χ2n) is 5.05. The van der Waals surface area contributed by atoms with Gasteiger partial charge in [-0.1, -0.05) is 41.6 Å². The van der Waals surface area contributed by atoms with Crippen molar-refractivity contribution in [1.82, 2.24) is 9.97 Å². The number of aryl methyl sites for hydroxylation is 1. The van der Waals surface area contributed by atoms with Gasteiger partial charge < -0.3 is 5.32 Å². The first kappa shape index (κ1) is 16.7. The van der Waals surface area contributed by atoms with E-state index in [4.69, 9.17) is 11.6 Å². The fourth-order valence-corrected chi connectivity index (χ4v) is 3.22. The van der Waals surface area contributed by atoms with Crippen molar-refractivity contribution in [2.75, 3.05) is 11.1 Å². The molecule has 0 fully saturated rings. The molecule has 0 unspecified atom stereocenters. The molecule has 3 rings (SSSR count). The maximum absolute atomic E-state index is 13.7. The predicted molar refractivity (Wildman–Crippen MR) is 95.0 cm³/mol. The summed E-state index contributed by atoms with van der Waals surface area (Å²) < 4.78 is 13.7. The van der Waals surface area contributed by atoms with E-state index < -0.39 is 5.82 Å². The van der Waals surface area contributed by atoms with Crippen LogP contribution < -0.4 is 5.32 Å². The van der Waals surface area contributed by atoms with Gasteiger partial charge in [0.1, 0.15) is 16.7 Å². The van der Waals surface area contributed by atoms with E-state index in [9.17, 15) is 9.18 Å². The molecule has 0 radical (unpaired) electrons. The number of hydrogen-bond acceptors (Lipinski definition) is 4. The fourth-order valence-electron chi connectivity index (χ4n) is 2.18. The number of carbonyl (C=O) groups is 1. The molecular weight excluding hydrogens is 349 g/mol. The van der Waals surface area contributed by atoms with Gasteiger partial charge in [-0.3, -0.25) is 4.79 Å². The average Bonchev–Trinajstić information content (AvgIpc) is 2.56. The molecular formula is C17H13ClFN3OS. The van der Waals surface area contributed by atoms with Crippen molar-refractivity contribution in [2.24, 2.45) is 0 Å². The van der Waals surface area contributed by atoms with E-state index in [2.05, 4.69) is 15.3 Å². The maximum atomic E-state index is 13.7. The van der Waals surface area contributed by atoms with Gasteiger partial charge in [-0.25, -0.2) is 14.4 Å². The largest absolute Gasteiger partial charge is 0.323 e. The summed E-state index contributed by atoms with van der Waals surface area (Å²) in [6.45, 7) is 1.80. The molecule has 1 amide bonds. The number of para-hydroxylation sites is 1. The van der Waals surface area contributed by atoms with Crippen molar-refractivity contribution >= 4 is 45.9 Å². The van der Waals surface area contributed by atoms with Gasteiger partial charge in [0.25, 0.3) is 0 Å². The molecule has 1 N–H and O–H groups in total. The van der Waals surface area contributed by atoms with E-state index in [1.807, 2.05) is 24.3 Å². The Labute approximate surface area is 147 Å². The minimum atomic E-state index is -0.527. The summed E-state index contributed by atoms with van der Waals surface area (Å²) in [5.74, 6) is -0.119. The van der Waals surface area contributed by atoms with E-state index in [0.29, 0.717) is 10.8 Å². The highest BCUT2D eigenvalue weighted by atomic mass is 35.5. The molecule has 0 saturated heterocycles. The number of aromatic nitrogens is 2. The molecule has 0 saturated carbocycles. The Morgan fingerprint density at radius 3 is 2.88 bits per heavy atom. The van der Waals surface area contributed by atoms with Crippen LogP contribution in [0.4, 0.5) is 10.1 Å². The lowest BCUT2D eigenvalue weighted by molar-refractivity contribution is -0.113. The zero-order valence-corrected chi connectivity index (χ0v) is 14.3. The standard InChI is InChI=1S/C17H13ClFN3OS/c1-10-20-14-5-3-2-4-12(14)17(21-10)24-9-16(23)22-15-8-11(18)6-7-13(15)19/h2-8H,9H2,1H3,(H,22,23). The van der Waals surface area contributed by atoms with Gasteiger partial charge in [-0.15, -0.1) is 0 Å². The lowest BCUT2D eigenvalue weighted by Crippen LogP contribution is -2.15. The van der Waals surface area contributed by atoms with Crippen LogP contribution in [0.1, 0.15) is 5.82 Å². The van der Waals surface area contributed by atoms with Crippen molar-refractivity contribution in [3.05, 3.63) is 59.1 Å². The number of hydrogen-bond donors (Lipinski definition) is 1. The average molecular weight is 362 g/mol. The third-order valence-electron chi connectivity index (χ3n) is 3.22. The zero-order valence-electron chi connectivity index (χ0n) is 12.7. The second kappa shape index (κ2) is 7.15. The van der Waals surface area contributed by atoms with Crippen LogP contribution in [-0.4, -0.2) is 21.6 Å². The van der Waals surface area contributed by atoms with Crippen LogP contribution in [0.25, 0.3) is 10.9 Å². The summed E-state index contributed by atoms with van der Waals surface area (Å²) >= 11 is 7.10. The molecule has 0 aliphatic rings. The van der Waals surface area contributed by atoms with Crippen LogP contribution in [0.2, 0.25) is 5.02 Å². The Hall–Kier alpha value is -2.18. The van der Waals surface area contributed by atoms with Crippen LogP contribution in [-0.2, 0) is 4.79 Å². The molecule has 3 aromatic rings. The molecule has 0 aliphatic heterocycles. The molecule has 2 aromatic carbocycles. The fraction of sp³-hybridized carbons (Fsp3) is 0.118. The number of anilines is 1. The minimum absolute atomic E-state index is 0.0665. The third kappa shape index (κ3) is 3.83. The van der Waals surface area contributed by atoms with Crippen molar-refractivity contribution in [3.8, 4) is 0 Å². The number of amides is 1. The highest BCUT2D eigenvalue weighted by molar-refractivity contribution is 8.00. The number of fused-ring (bicyclic) bond motifs is 1. The summed E-state index contributed by atoms with van der Waals surface area (Å²) in [6.07, 6.45) is 0. The Bertz CT molecular complexity index is 919. The summed E-state index contributed by atoms with van der Waals surface area (Å²) in [4.78, 5) is 20.8. The van der Waals surface area contributed by atoms with E-state index in [1.54, 1.807) is 6.92 Å². The normalized spacial score (nSPS) is 10.8. The highest BCUT2D eigenvalue weighted by Crippen LogP contribution is 2.26. The number of nitrogens with zero attached hydrogens (tertiary/aromatic N) is 2. The van der Waals surface area contributed by atoms with E-state index >= 15 is 0 Å². The van der Waals surface area contributed by atoms with Crippen LogP contribution in [0, 0.1) is 12.7 Å². The van der Waals surface area contributed by atoms with E-state index in [1.165, 1.54) is 30.0 Å². The molecule has 24 heavy (non-hydrogen) atoms. The highest BCUT2D eigenvalue weighted by Gasteiger charge is 2.11. The SMILES string of the molecule is Cc1nc(SCC(=O)Nc2cc(Cl)ccc2F)c2ccccc2n1. The zero-order chi connectivity index (χ0) is 17.1. The summed E-state index contributed by atoms with van der Waals surface area (Å²) in [5, 5.41) is 4.49. The summed E-state index contributed by atoms with van der Waals surface area (Å²) in [7, 11) is 0. The second-order valence-corrected chi connectivity index (χ2v) is 6.45. The van der Waals surface area contributed by atoms with Crippen LogP contribution in [0.5, 0.6) is 0 Å². The molecule has 0 aliphatic carbocycles. The van der Waals surface area contributed by atoms with Gasteiger partial charge in [0, 0.05) is 10.4 Å². The first-order chi connectivity index (χ1) is 11.5. The molecule has 1 heterocycles. The van der Waals surface area contributed by atoms with Gasteiger partial charge in [0.05, 0.1) is 17.0 Å². The smallest absolute Gasteiger partial charge is 0.234 e. The quantitative estimate of drug-likeness (QED) is 0.550. The van der Waals surface area contributed by atoms with Gasteiger partial charge >= 0.3 is 0 Å². The minimum Gasteiger partial charge on any atom is -0.323 e. The molecule has 122 valence electrons. The molecule has 7 heteroatoms. The monoisotopic (exact) mass is 361 g/mol. The Kier molecular flexibility index (Phi) is 4.97. The van der Waals surface area contributed by atoms with Crippen LogP contribution >= 0.6 is 23.4 Å². The lowest BCUT2D eigenvalue weighted by Gasteiger charge is -2.08. The Balaban J connectivity index is 1.74. The summed E-state index contributed by atoms with van der Waals surface area (Å²) in [5.41, 5.74) is 0.894. The topological polar surface area (TPSA) is 54.9 Å². The van der Waals surface area contributed by atoms with E-state index in [0.717, 1.165) is 15.9 Å². The molecule has 0 spiro atoms. The number of carbonyl (C=O) groups excluding carboxylic acids is 1.